The van der Waals surface area contributed by atoms with E-state index in [1.54, 1.807) is 25.7 Å². The molecule has 1 aromatic carbocycles. The molecule has 1 atom stereocenters. The summed E-state index contributed by atoms with van der Waals surface area (Å²) in [4.78, 5) is 14.0. The molecule has 128 valence electrons. The van der Waals surface area contributed by atoms with Gasteiger partial charge in [-0.05, 0) is 57.7 Å². The predicted octanol–water partition coefficient (Wildman–Crippen LogP) is 5.17. The summed E-state index contributed by atoms with van der Waals surface area (Å²) in [6.07, 6.45) is -2.23. The third-order valence-electron chi connectivity index (χ3n) is 3.75. The van der Waals surface area contributed by atoms with Crippen molar-refractivity contribution in [2.24, 2.45) is 0 Å². The summed E-state index contributed by atoms with van der Waals surface area (Å²) in [5.74, 6) is 0. The highest BCUT2D eigenvalue weighted by atomic mass is 19.4. The summed E-state index contributed by atoms with van der Waals surface area (Å²) in [6.45, 7) is 5.94. The number of hydrogen-bond acceptors (Lipinski definition) is 2. The first kappa shape index (κ1) is 17.6. The molecule has 0 radical (unpaired) electrons. The van der Waals surface area contributed by atoms with Gasteiger partial charge in [0.2, 0.25) is 0 Å². The predicted molar refractivity (Wildman–Crippen MR) is 81.0 cm³/mol. The van der Waals surface area contributed by atoms with E-state index in [1.807, 2.05) is 0 Å². The van der Waals surface area contributed by atoms with Crippen molar-refractivity contribution in [1.82, 2.24) is 4.90 Å². The van der Waals surface area contributed by atoms with E-state index in [2.05, 4.69) is 0 Å². The smallest absolute Gasteiger partial charge is 0.416 e. The maximum Gasteiger partial charge on any atom is 0.416 e. The molecule has 1 heterocycles. The largest absolute Gasteiger partial charge is 0.444 e. The van der Waals surface area contributed by atoms with E-state index in [1.165, 1.54) is 12.1 Å². The van der Waals surface area contributed by atoms with Gasteiger partial charge in [0.05, 0.1) is 11.6 Å². The van der Waals surface area contributed by atoms with Crippen LogP contribution < -0.4 is 0 Å². The van der Waals surface area contributed by atoms with Gasteiger partial charge in [0.15, 0.2) is 0 Å². The highest BCUT2D eigenvalue weighted by molar-refractivity contribution is 5.69. The molecule has 23 heavy (non-hydrogen) atoms. The number of piperidine rings is 1. The van der Waals surface area contributed by atoms with E-state index in [0.717, 1.165) is 31.4 Å². The lowest BCUT2D eigenvalue weighted by Gasteiger charge is -2.37. The number of hydrogen-bond donors (Lipinski definition) is 0. The number of rotatable bonds is 1. The standard InChI is InChI=1S/C17H22F3NO2/c1-16(2,3)23-15(22)21-11-5-4-6-14(21)12-7-9-13(10-8-12)17(18,19)20/h7-10,14H,4-6,11H2,1-3H3. The number of halogens is 3. The van der Waals surface area contributed by atoms with E-state index in [4.69, 9.17) is 4.74 Å². The van der Waals surface area contributed by atoms with Crippen molar-refractivity contribution in [3.05, 3.63) is 35.4 Å². The van der Waals surface area contributed by atoms with Crippen LogP contribution >= 0.6 is 0 Å². The summed E-state index contributed by atoms with van der Waals surface area (Å²) >= 11 is 0. The van der Waals surface area contributed by atoms with Crippen molar-refractivity contribution >= 4 is 6.09 Å². The average molecular weight is 329 g/mol. The second kappa shape index (κ2) is 6.42. The van der Waals surface area contributed by atoms with E-state index in [-0.39, 0.29) is 6.04 Å². The van der Waals surface area contributed by atoms with Crippen molar-refractivity contribution in [2.75, 3.05) is 6.54 Å². The van der Waals surface area contributed by atoms with Crippen LogP contribution in [0.1, 0.15) is 57.2 Å². The summed E-state index contributed by atoms with van der Waals surface area (Å²) in [5, 5.41) is 0. The van der Waals surface area contributed by atoms with Crippen molar-refractivity contribution in [2.45, 2.75) is 57.9 Å². The van der Waals surface area contributed by atoms with Crippen molar-refractivity contribution in [3.63, 3.8) is 0 Å². The first-order chi connectivity index (χ1) is 10.6. The number of carbonyl (C=O) groups is 1. The molecule has 1 amide bonds. The average Bonchev–Trinajstić information content (AvgIpc) is 2.45. The summed E-state index contributed by atoms with van der Waals surface area (Å²) < 4.78 is 43.4. The van der Waals surface area contributed by atoms with Crippen molar-refractivity contribution in [1.29, 1.82) is 0 Å². The molecule has 1 unspecified atom stereocenters. The lowest BCUT2D eigenvalue weighted by Crippen LogP contribution is -2.41. The molecule has 0 aromatic heterocycles. The Morgan fingerprint density at radius 3 is 2.26 bits per heavy atom. The lowest BCUT2D eigenvalue weighted by atomic mass is 9.95. The Morgan fingerprint density at radius 1 is 1.13 bits per heavy atom. The Morgan fingerprint density at radius 2 is 1.74 bits per heavy atom. The first-order valence-electron chi connectivity index (χ1n) is 7.75. The molecule has 6 heteroatoms. The molecule has 0 bridgehead atoms. The van der Waals surface area contributed by atoms with Gasteiger partial charge in [-0.25, -0.2) is 4.79 Å². The molecule has 3 nitrogen and oxygen atoms in total. The third kappa shape index (κ3) is 4.62. The Kier molecular flexibility index (Phi) is 4.92. The van der Waals surface area contributed by atoms with Gasteiger partial charge in [-0.1, -0.05) is 12.1 Å². The maximum atomic E-state index is 12.7. The van der Waals surface area contributed by atoms with Gasteiger partial charge in [0.1, 0.15) is 5.60 Å². The number of alkyl halides is 3. The van der Waals surface area contributed by atoms with Crippen LogP contribution in [0.15, 0.2) is 24.3 Å². The Balaban J connectivity index is 2.19. The molecule has 0 aliphatic carbocycles. The third-order valence-corrected chi connectivity index (χ3v) is 3.75. The zero-order valence-corrected chi connectivity index (χ0v) is 13.6. The number of amides is 1. The van der Waals surface area contributed by atoms with Gasteiger partial charge in [-0.2, -0.15) is 13.2 Å². The molecule has 1 fully saturated rings. The minimum atomic E-state index is -4.35. The normalized spacial score (nSPS) is 19.6. The van der Waals surface area contributed by atoms with Crippen LogP contribution in [0.2, 0.25) is 0 Å². The highest BCUT2D eigenvalue weighted by Gasteiger charge is 2.33. The molecule has 0 saturated carbocycles. The Hall–Kier alpha value is -1.72. The molecular formula is C17H22F3NO2. The number of likely N-dealkylation sites (tertiary alicyclic amines) is 1. The van der Waals surface area contributed by atoms with Crippen LogP contribution in [-0.2, 0) is 10.9 Å². The van der Waals surface area contributed by atoms with Gasteiger partial charge >= 0.3 is 12.3 Å². The molecule has 1 aliphatic heterocycles. The molecule has 1 aromatic rings. The quantitative estimate of drug-likeness (QED) is 0.711. The van der Waals surface area contributed by atoms with Crippen LogP contribution in [0, 0.1) is 0 Å². The van der Waals surface area contributed by atoms with Crippen LogP contribution in [-0.4, -0.2) is 23.1 Å². The molecule has 1 saturated heterocycles. The Labute approximate surface area is 134 Å². The summed E-state index contributed by atoms with van der Waals surface area (Å²) in [6, 6.07) is 4.81. The topological polar surface area (TPSA) is 29.5 Å². The van der Waals surface area contributed by atoms with E-state index >= 15 is 0 Å². The van der Waals surface area contributed by atoms with Crippen molar-refractivity contribution < 1.29 is 22.7 Å². The molecular weight excluding hydrogens is 307 g/mol. The number of nitrogens with zero attached hydrogens (tertiary/aromatic N) is 1. The number of ether oxygens (including phenoxy) is 1. The first-order valence-corrected chi connectivity index (χ1v) is 7.75. The van der Waals surface area contributed by atoms with Crippen LogP contribution in [0.3, 0.4) is 0 Å². The maximum absolute atomic E-state index is 12.7. The van der Waals surface area contributed by atoms with Crippen LogP contribution in [0.4, 0.5) is 18.0 Å². The fourth-order valence-electron chi connectivity index (χ4n) is 2.71. The second-order valence-corrected chi connectivity index (χ2v) is 6.81. The molecule has 2 rings (SSSR count). The van der Waals surface area contributed by atoms with Gasteiger partial charge in [0, 0.05) is 6.54 Å². The van der Waals surface area contributed by atoms with Gasteiger partial charge in [-0.15, -0.1) is 0 Å². The number of carbonyl (C=O) groups excluding carboxylic acids is 1. The zero-order chi connectivity index (χ0) is 17.3. The fraction of sp³-hybridized carbons (Fsp3) is 0.588. The molecule has 0 N–H and O–H groups in total. The molecule has 1 aliphatic rings. The highest BCUT2D eigenvalue weighted by Crippen LogP contribution is 2.34. The minimum absolute atomic E-state index is 0.235. The van der Waals surface area contributed by atoms with E-state index < -0.39 is 23.4 Å². The summed E-state index contributed by atoms with van der Waals surface area (Å²) in [5.41, 5.74) is -0.566. The van der Waals surface area contributed by atoms with Gasteiger partial charge < -0.3 is 9.64 Å². The van der Waals surface area contributed by atoms with Crippen molar-refractivity contribution in [3.8, 4) is 0 Å². The van der Waals surface area contributed by atoms with Crippen LogP contribution in [0.5, 0.6) is 0 Å². The van der Waals surface area contributed by atoms with E-state index in [0.29, 0.717) is 12.1 Å². The summed E-state index contributed by atoms with van der Waals surface area (Å²) in [7, 11) is 0. The SMILES string of the molecule is CC(C)(C)OC(=O)N1CCCCC1c1ccc(C(F)(F)F)cc1. The fourth-order valence-corrected chi connectivity index (χ4v) is 2.71. The minimum Gasteiger partial charge on any atom is -0.444 e. The Bertz CT molecular complexity index is 546. The second-order valence-electron chi connectivity index (χ2n) is 6.81. The monoisotopic (exact) mass is 329 g/mol. The van der Waals surface area contributed by atoms with Gasteiger partial charge in [0.25, 0.3) is 0 Å². The van der Waals surface area contributed by atoms with Gasteiger partial charge in [-0.3, -0.25) is 0 Å². The lowest BCUT2D eigenvalue weighted by molar-refractivity contribution is -0.137. The van der Waals surface area contributed by atoms with E-state index in [9.17, 15) is 18.0 Å². The molecule has 0 spiro atoms. The zero-order valence-electron chi connectivity index (χ0n) is 13.6. The van der Waals surface area contributed by atoms with Crippen LogP contribution in [0.25, 0.3) is 0 Å². The number of benzene rings is 1.